The van der Waals surface area contributed by atoms with Gasteiger partial charge in [-0.25, -0.2) is 9.37 Å². The summed E-state index contributed by atoms with van der Waals surface area (Å²) in [6, 6.07) is 13.8. The molecule has 0 saturated heterocycles. The fourth-order valence-corrected chi connectivity index (χ4v) is 3.35. The van der Waals surface area contributed by atoms with Crippen molar-refractivity contribution >= 4 is 33.5 Å². The average Bonchev–Trinajstić information content (AvgIpc) is 3.03. The van der Waals surface area contributed by atoms with E-state index in [2.05, 4.69) is 4.98 Å². The quantitative estimate of drug-likeness (QED) is 0.647. The second-order valence-corrected chi connectivity index (χ2v) is 6.59. The lowest BCUT2D eigenvalue weighted by molar-refractivity contribution is -0.126. The van der Waals surface area contributed by atoms with Gasteiger partial charge in [0.1, 0.15) is 10.8 Å². The number of fused-ring (bicyclic) bond motifs is 1. The summed E-state index contributed by atoms with van der Waals surface area (Å²) in [6.07, 6.45) is 3.18. The molecule has 0 radical (unpaired) electrons. The second-order valence-electron chi connectivity index (χ2n) is 5.53. The number of halogens is 1. The van der Waals surface area contributed by atoms with Crippen molar-refractivity contribution in [1.29, 1.82) is 0 Å². The highest BCUT2D eigenvalue weighted by Gasteiger charge is 2.19. The number of aromatic nitrogens is 1. The van der Waals surface area contributed by atoms with E-state index in [1.165, 1.54) is 18.2 Å². The van der Waals surface area contributed by atoms with Crippen molar-refractivity contribution in [2.75, 3.05) is 7.05 Å². The fraction of sp³-hybridized carbons (Fsp3) is 0.158. The molecule has 3 rings (SSSR count). The molecule has 0 aliphatic heterocycles. The molecule has 1 unspecified atom stereocenters. The van der Waals surface area contributed by atoms with Crippen LogP contribution >= 0.6 is 11.3 Å². The minimum absolute atomic E-state index is 0.118. The highest BCUT2D eigenvalue weighted by molar-refractivity contribution is 7.18. The van der Waals surface area contributed by atoms with Crippen LogP contribution in [0.5, 0.6) is 0 Å². The number of nitrogens with zero attached hydrogens (tertiary/aromatic N) is 2. The Labute approximate surface area is 144 Å². The van der Waals surface area contributed by atoms with Crippen molar-refractivity contribution in [2.24, 2.45) is 0 Å². The van der Waals surface area contributed by atoms with E-state index in [0.29, 0.717) is 0 Å². The van der Waals surface area contributed by atoms with Gasteiger partial charge in [0, 0.05) is 13.1 Å². The molecule has 122 valence electrons. The van der Waals surface area contributed by atoms with Gasteiger partial charge < -0.3 is 4.90 Å². The van der Waals surface area contributed by atoms with E-state index in [1.807, 2.05) is 31.2 Å². The lowest BCUT2D eigenvalue weighted by Crippen LogP contribution is -2.27. The van der Waals surface area contributed by atoms with Gasteiger partial charge >= 0.3 is 0 Å². The number of rotatable bonds is 4. The van der Waals surface area contributed by atoms with E-state index in [1.54, 1.807) is 41.5 Å². The zero-order chi connectivity index (χ0) is 17.1. The maximum atomic E-state index is 12.9. The Morgan fingerprint density at radius 3 is 2.62 bits per heavy atom. The molecule has 2 aromatic carbocycles. The summed E-state index contributed by atoms with van der Waals surface area (Å²) >= 11 is 1.60. The Morgan fingerprint density at radius 1 is 1.21 bits per heavy atom. The molecule has 0 fully saturated rings. The predicted molar refractivity (Wildman–Crippen MR) is 96.2 cm³/mol. The van der Waals surface area contributed by atoms with Gasteiger partial charge in [-0.3, -0.25) is 4.79 Å². The van der Waals surface area contributed by atoms with E-state index in [-0.39, 0.29) is 17.8 Å². The minimum Gasteiger partial charge on any atom is -0.333 e. The van der Waals surface area contributed by atoms with Crippen LogP contribution in [0.1, 0.15) is 23.5 Å². The number of hydrogen-bond acceptors (Lipinski definition) is 3. The molecular weight excluding hydrogens is 323 g/mol. The van der Waals surface area contributed by atoms with Crippen molar-refractivity contribution in [1.82, 2.24) is 9.88 Å². The van der Waals surface area contributed by atoms with E-state index < -0.39 is 0 Å². The summed E-state index contributed by atoms with van der Waals surface area (Å²) in [6.45, 7) is 1.96. The van der Waals surface area contributed by atoms with Gasteiger partial charge in [-0.05, 0) is 42.8 Å². The lowest BCUT2D eigenvalue weighted by atomic mass is 10.2. The first-order valence-electron chi connectivity index (χ1n) is 7.60. The van der Waals surface area contributed by atoms with Crippen molar-refractivity contribution in [3.63, 3.8) is 0 Å². The lowest BCUT2D eigenvalue weighted by Gasteiger charge is -2.21. The molecule has 0 aliphatic rings. The Morgan fingerprint density at radius 2 is 1.92 bits per heavy atom. The number of hydrogen-bond donors (Lipinski definition) is 0. The van der Waals surface area contributed by atoms with E-state index >= 15 is 0 Å². The van der Waals surface area contributed by atoms with Gasteiger partial charge in [0.05, 0.1) is 16.3 Å². The summed E-state index contributed by atoms with van der Waals surface area (Å²) in [7, 11) is 1.76. The number of para-hydroxylation sites is 1. The highest BCUT2D eigenvalue weighted by Crippen LogP contribution is 2.28. The van der Waals surface area contributed by atoms with Crippen LogP contribution in [-0.4, -0.2) is 22.8 Å². The molecule has 1 aromatic heterocycles. The van der Waals surface area contributed by atoms with Crippen LogP contribution in [0.25, 0.3) is 16.3 Å². The van der Waals surface area contributed by atoms with Crippen LogP contribution in [0.2, 0.25) is 0 Å². The molecule has 3 aromatic rings. The highest BCUT2D eigenvalue weighted by atomic mass is 32.1. The molecule has 1 heterocycles. The van der Waals surface area contributed by atoms with Gasteiger partial charge in [0.25, 0.3) is 0 Å². The summed E-state index contributed by atoms with van der Waals surface area (Å²) in [5.74, 6) is -0.411. The van der Waals surface area contributed by atoms with Crippen LogP contribution in [0.3, 0.4) is 0 Å². The van der Waals surface area contributed by atoms with Crippen LogP contribution in [0.15, 0.2) is 54.6 Å². The Bertz CT molecular complexity index is 853. The maximum absolute atomic E-state index is 12.9. The number of carbonyl (C=O) groups is 1. The topological polar surface area (TPSA) is 33.2 Å². The standard InChI is InChI=1S/C19H17FN2OS/c1-13(19-21-16-5-3-4-6-17(16)24-19)22(2)18(23)12-9-14-7-10-15(20)11-8-14/h3-13H,1-2H3/b12-9+. The average molecular weight is 340 g/mol. The monoisotopic (exact) mass is 340 g/mol. The first-order chi connectivity index (χ1) is 11.5. The third kappa shape index (κ3) is 3.51. The zero-order valence-corrected chi connectivity index (χ0v) is 14.3. The summed E-state index contributed by atoms with van der Waals surface area (Å²) in [5.41, 5.74) is 1.73. The molecule has 0 saturated carbocycles. The van der Waals surface area contributed by atoms with Gasteiger partial charge in [0.2, 0.25) is 5.91 Å². The van der Waals surface area contributed by atoms with Gasteiger partial charge in [0.15, 0.2) is 0 Å². The fourth-order valence-electron chi connectivity index (χ4n) is 2.28. The second kappa shape index (κ2) is 6.93. The van der Waals surface area contributed by atoms with Gasteiger partial charge in [-0.1, -0.05) is 24.3 Å². The Balaban J connectivity index is 1.73. The van der Waals surface area contributed by atoms with Crippen LogP contribution in [0.4, 0.5) is 4.39 Å². The number of likely N-dealkylation sites (N-methyl/N-ethyl adjacent to an activating group) is 1. The third-order valence-corrected chi connectivity index (χ3v) is 5.09. The number of amides is 1. The molecule has 5 heteroatoms. The van der Waals surface area contributed by atoms with Gasteiger partial charge in [-0.15, -0.1) is 11.3 Å². The molecule has 1 atom stereocenters. The van der Waals surface area contributed by atoms with Crippen molar-refractivity contribution in [3.8, 4) is 0 Å². The maximum Gasteiger partial charge on any atom is 0.246 e. The summed E-state index contributed by atoms with van der Waals surface area (Å²) in [4.78, 5) is 18.6. The largest absolute Gasteiger partial charge is 0.333 e. The normalized spacial score (nSPS) is 12.6. The predicted octanol–water partition coefficient (Wildman–Crippen LogP) is 4.67. The smallest absolute Gasteiger partial charge is 0.246 e. The summed E-state index contributed by atoms with van der Waals surface area (Å²) < 4.78 is 14.0. The number of carbonyl (C=O) groups excluding carboxylic acids is 1. The number of thiazole rings is 1. The van der Waals surface area contributed by atoms with Crippen molar-refractivity contribution in [2.45, 2.75) is 13.0 Å². The number of benzene rings is 2. The van der Waals surface area contributed by atoms with Crippen molar-refractivity contribution < 1.29 is 9.18 Å². The molecule has 0 spiro atoms. The summed E-state index contributed by atoms with van der Waals surface area (Å²) in [5, 5.41) is 0.905. The molecule has 1 amide bonds. The van der Waals surface area contributed by atoms with Crippen LogP contribution < -0.4 is 0 Å². The Kier molecular flexibility index (Phi) is 4.71. The van der Waals surface area contributed by atoms with Crippen LogP contribution in [-0.2, 0) is 4.79 Å². The SMILES string of the molecule is CC(c1nc2ccccc2s1)N(C)C(=O)/C=C/c1ccc(F)cc1. The van der Waals surface area contributed by atoms with Crippen molar-refractivity contribution in [3.05, 3.63) is 71.0 Å². The minimum atomic E-state index is -0.292. The van der Waals surface area contributed by atoms with E-state index in [4.69, 9.17) is 0 Å². The van der Waals surface area contributed by atoms with E-state index in [9.17, 15) is 9.18 Å². The van der Waals surface area contributed by atoms with Crippen LogP contribution in [0, 0.1) is 5.82 Å². The first-order valence-corrected chi connectivity index (χ1v) is 8.42. The first kappa shape index (κ1) is 16.3. The Hall–Kier alpha value is -2.53. The van der Waals surface area contributed by atoms with Gasteiger partial charge in [-0.2, -0.15) is 0 Å². The third-order valence-electron chi connectivity index (χ3n) is 3.88. The zero-order valence-electron chi connectivity index (χ0n) is 13.4. The molecule has 0 N–H and O–H groups in total. The molecule has 0 aliphatic carbocycles. The molecule has 3 nitrogen and oxygen atoms in total. The molecular formula is C19H17FN2OS. The van der Waals surface area contributed by atoms with E-state index in [0.717, 1.165) is 20.8 Å². The molecule has 0 bridgehead atoms. The molecule has 24 heavy (non-hydrogen) atoms.